The van der Waals surface area contributed by atoms with Gasteiger partial charge in [-0.25, -0.2) is 0 Å². The highest BCUT2D eigenvalue weighted by Crippen LogP contribution is 2.27. The lowest BCUT2D eigenvalue weighted by Gasteiger charge is -2.20. The SMILES string of the molecule is CCC(N)Cc1c(C)n(CC(=O)N(CC)CC)c2ccccc12.Cl. The van der Waals surface area contributed by atoms with Crippen LogP contribution in [0.4, 0.5) is 0 Å². The van der Waals surface area contributed by atoms with Gasteiger partial charge in [0, 0.05) is 35.7 Å². The van der Waals surface area contributed by atoms with E-state index in [9.17, 15) is 4.79 Å². The summed E-state index contributed by atoms with van der Waals surface area (Å²) in [5.41, 5.74) is 9.75. The van der Waals surface area contributed by atoms with Gasteiger partial charge < -0.3 is 15.2 Å². The fourth-order valence-corrected chi connectivity index (χ4v) is 3.18. The zero-order chi connectivity index (χ0) is 17.0. The predicted octanol–water partition coefficient (Wildman–Crippen LogP) is 3.52. The van der Waals surface area contributed by atoms with Gasteiger partial charge in [-0.05, 0) is 45.2 Å². The average Bonchev–Trinajstić information content (AvgIpc) is 2.82. The summed E-state index contributed by atoms with van der Waals surface area (Å²) in [4.78, 5) is 14.4. The van der Waals surface area contributed by atoms with Crippen molar-refractivity contribution in [2.45, 2.75) is 53.1 Å². The lowest BCUT2D eigenvalue weighted by molar-refractivity contribution is -0.131. The average molecular weight is 352 g/mol. The molecule has 2 aromatic rings. The molecule has 0 radical (unpaired) electrons. The number of nitrogens with two attached hydrogens (primary N) is 1. The van der Waals surface area contributed by atoms with Gasteiger partial charge in [0.1, 0.15) is 6.54 Å². The van der Waals surface area contributed by atoms with Crippen LogP contribution in [0.5, 0.6) is 0 Å². The van der Waals surface area contributed by atoms with Crippen LogP contribution in [0, 0.1) is 6.92 Å². The maximum Gasteiger partial charge on any atom is 0.242 e. The number of hydrogen-bond donors (Lipinski definition) is 1. The standard InChI is InChI=1S/C19H29N3O.ClH/c1-5-15(20)12-17-14(4)22(13-19(23)21(6-2)7-3)18-11-9-8-10-16(17)18;/h8-11,15H,5-7,12-13,20H2,1-4H3;1H. The molecule has 1 amide bonds. The number of amides is 1. The molecule has 24 heavy (non-hydrogen) atoms. The van der Waals surface area contributed by atoms with Crippen LogP contribution >= 0.6 is 12.4 Å². The molecule has 134 valence electrons. The van der Waals surface area contributed by atoms with E-state index in [0.29, 0.717) is 6.54 Å². The van der Waals surface area contributed by atoms with Gasteiger partial charge in [0.05, 0.1) is 0 Å². The summed E-state index contributed by atoms with van der Waals surface area (Å²) in [5.74, 6) is 0.171. The molecule has 0 bridgehead atoms. The van der Waals surface area contributed by atoms with E-state index in [1.807, 2.05) is 24.8 Å². The Bertz CT molecular complexity index is 677. The number of nitrogens with zero attached hydrogens (tertiary/aromatic N) is 2. The number of carbonyl (C=O) groups excluding carboxylic acids is 1. The molecule has 0 aliphatic heterocycles. The number of hydrogen-bond acceptors (Lipinski definition) is 2. The smallest absolute Gasteiger partial charge is 0.242 e. The lowest BCUT2D eigenvalue weighted by Crippen LogP contribution is -2.33. The van der Waals surface area contributed by atoms with Crippen molar-refractivity contribution in [3.8, 4) is 0 Å². The lowest BCUT2D eigenvalue weighted by atomic mass is 10.0. The number of benzene rings is 1. The van der Waals surface area contributed by atoms with Gasteiger partial charge in [0.15, 0.2) is 0 Å². The number of likely N-dealkylation sites (N-methyl/N-ethyl adjacent to an activating group) is 1. The largest absolute Gasteiger partial charge is 0.342 e. The maximum absolute atomic E-state index is 12.5. The molecule has 0 fully saturated rings. The van der Waals surface area contributed by atoms with Gasteiger partial charge in [0.2, 0.25) is 5.91 Å². The summed E-state index contributed by atoms with van der Waals surface area (Å²) < 4.78 is 2.15. The first-order valence-electron chi connectivity index (χ1n) is 8.63. The number of halogens is 1. The van der Waals surface area contributed by atoms with Crippen molar-refractivity contribution in [3.63, 3.8) is 0 Å². The predicted molar refractivity (Wildman–Crippen MR) is 104 cm³/mol. The Balaban J connectivity index is 0.00000288. The Morgan fingerprint density at radius 3 is 2.42 bits per heavy atom. The summed E-state index contributed by atoms with van der Waals surface area (Å²) in [7, 11) is 0. The van der Waals surface area contributed by atoms with Gasteiger partial charge in [-0.15, -0.1) is 12.4 Å². The van der Waals surface area contributed by atoms with Crippen molar-refractivity contribution in [2.75, 3.05) is 13.1 Å². The van der Waals surface area contributed by atoms with Gasteiger partial charge >= 0.3 is 0 Å². The molecule has 2 rings (SSSR count). The first-order valence-corrected chi connectivity index (χ1v) is 8.63. The molecule has 0 saturated carbocycles. The highest BCUT2D eigenvalue weighted by molar-refractivity contribution is 5.87. The van der Waals surface area contributed by atoms with Gasteiger partial charge in [-0.3, -0.25) is 4.79 Å². The second kappa shape index (κ2) is 9.09. The summed E-state index contributed by atoms with van der Waals surface area (Å²) in [5, 5.41) is 1.22. The summed E-state index contributed by atoms with van der Waals surface area (Å²) in [6, 6.07) is 8.48. The number of para-hydroxylation sites is 1. The Hall–Kier alpha value is -1.52. The van der Waals surface area contributed by atoms with Crippen LogP contribution in [0.15, 0.2) is 24.3 Å². The van der Waals surface area contributed by atoms with Gasteiger partial charge in [-0.2, -0.15) is 0 Å². The fraction of sp³-hybridized carbons (Fsp3) is 0.526. The van der Waals surface area contributed by atoms with Gasteiger partial charge in [-0.1, -0.05) is 25.1 Å². The van der Waals surface area contributed by atoms with E-state index in [4.69, 9.17) is 5.73 Å². The molecule has 1 unspecified atom stereocenters. The highest BCUT2D eigenvalue weighted by atomic mass is 35.5. The molecular formula is C19H30ClN3O. The zero-order valence-electron chi connectivity index (χ0n) is 15.2. The van der Waals surface area contributed by atoms with Crippen LogP contribution < -0.4 is 5.73 Å². The van der Waals surface area contributed by atoms with E-state index in [0.717, 1.165) is 37.1 Å². The third-order valence-electron chi connectivity index (χ3n) is 4.76. The molecule has 2 N–H and O–H groups in total. The molecule has 4 nitrogen and oxygen atoms in total. The fourth-order valence-electron chi connectivity index (χ4n) is 3.18. The van der Waals surface area contributed by atoms with Crippen molar-refractivity contribution < 1.29 is 4.79 Å². The number of fused-ring (bicyclic) bond motifs is 1. The third-order valence-corrected chi connectivity index (χ3v) is 4.76. The Kier molecular flexibility index (Phi) is 7.77. The normalized spacial score (nSPS) is 12.0. The minimum Gasteiger partial charge on any atom is -0.342 e. The molecule has 0 spiro atoms. The van der Waals surface area contributed by atoms with E-state index in [-0.39, 0.29) is 24.4 Å². The first kappa shape index (κ1) is 20.5. The first-order chi connectivity index (χ1) is 11.0. The quantitative estimate of drug-likeness (QED) is 0.829. The van der Waals surface area contributed by atoms with E-state index >= 15 is 0 Å². The number of rotatable bonds is 7. The molecule has 0 saturated heterocycles. The Labute approximate surface area is 151 Å². The third kappa shape index (κ3) is 4.11. The highest BCUT2D eigenvalue weighted by Gasteiger charge is 2.18. The number of carbonyl (C=O) groups is 1. The summed E-state index contributed by atoms with van der Waals surface area (Å²) >= 11 is 0. The number of aromatic nitrogens is 1. The van der Waals surface area contributed by atoms with Crippen LogP contribution in [-0.2, 0) is 17.8 Å². The molecule has 5 heteroatoms. The Morgan fingerprint density at radius 1 is 1.21 bits per heavy atom. The summed E-state index contributed by atoms with van der Waals surface area (Å²) in [6.45, 7) is 10.2. The van der Waals surface area contributed by atoms with E-state index in [2.05, 4.69) is 36.6 Å². The van der Waals surface area contributed by atoms with Crippen LogP contribution in [0.1, 0.15) is 38.4 Å². The van der Waals surface area contributed by atoms with E-state index in [1.165, 1.54) is 10.9 Å². The monoisotopic (exact) mass is 351 g/mol. The molecular weight excluding hydrogens is 322 g/mol. The minimum absolute atomic E-state index is 0. The van der Waals surface area contributed by atoms with Crippen molar-refractivity contribution in [3.05, 3.63) is 35.5 Å². The second-order valence-electron chi connectivity index (χ2n) is 6.11. The van der Waals surface area contributed by atoms with Crippen LogP contribution in [0.2, 0.25) is 0 Å². The molecule has 1 aromatic heterocycles. The maximum atomic E-state index is 12.5. The Morgan fingerprint density at radius 2 is 1.83 bits per heavy atom. The van der Waals surface area contributed by atoms with E-state index in [1.54, 1.807) is 0 Å². The minimum atomic E-state index is 0. The van der Waals surface area contributed by atoms with Crippen molar-refractivity contribution in [2.24, 2.45) is 5.73 Å². The topological polar surface area (TPSA) is 51.3 Å². The van der Waals surface area contributed by atoms with Crippen LogP contribution in [-0.4, -0.2) is 34.5 Å². The molecule has 1 heterocycles. The van der Waals surface area contributed by atoms with Crippen LogP contribution in [0.3, 0.4) is 0 Å². The van der Waals surface area contributed by atoms with Crippen molar-refractivity contribution in [1.82, 2.24) is 9.47 Å². The second-order valence-corrected chi connectivity index (χ2v) is 6.11. The molecule has 1 aromatic carbocycles. The van der Waals surface area contributed by atoms with Gasteiger partial charge in [0.25, 0.3) is 0 Å². The van der Waals surface area contributed by atoms with E-state index < -0.39 is 0 Å². The molecule has 0 aliphatic carbocycles. The van der Waals surface area contributed by atoms with Crippen LogP contribution in [0.25, 0.3) is 10.9 Å². The molecule has 1 atom stereocenters. The summed E-state index contributed by atoms with van der Waals surface area (Å²) in [6.07, 6.45) is 1.81. The zero-order valence-corrected chi connectivity index (χ0v) is 16.0. The van der Waals surface area contributed by atoms with Crippen molar-refractivity contribution >= 4 is 29.2 Å². The van der Waals surface area contributed by atoms with Crippen molar-refractivity contribution in [1.29, 1.82) is 0 Å². The molecule has 0 aliphatic rings.